The maximum absolute atomic E-state index is 13.3. The normalized spacial score (nSPS) is 15.3. The first-order valence-electron chi connectivity index (χ1n) is 10.4. The van der Waals surface area contributed by atoms with Crippen molar-refractivity contribution in [2.45, 2.75) is 43.7 Å². The van der Waals surface area contributed by atoms with E-state index in [0.717, 1.165) is 16.5 Å². The van der Waals surface area contributed by atoms with E-state index in [1.54, 1.807) is 42.6 Å². The quantitative estimate of drug-likeness (QED) is 0.621. The van der Waals surface area contributed by atoms with Crippen molar-refractivity contribution in [1.29, 1.82) is 0 Å². The average molecular weight is 443 g/mol. The average Bonchev–Trinajstić information content (AvgIpc) is 3.17. The summed E-state index contributed by atoms with van der Waals surface area (Å²) in [6.45, 7) is 3.28. The third-order valence-corrected chi connectivity index (χ3v) is 7.52. The highest BCUT2D eigenvalue weighted by Gasteiger charge is 2.26. The first-order chi connectivity index (χ1) is 14.9. The second-order valence-electron chi connectivity index (χ2n) is 7.73. The summed E-state index contributed by atoms with van der Waals surface area (Å²) < 4.78 is 33.3. The number of rotatable bonds is 6. The highest BCUT2D eigenvalue weighted by molar-refractivity contribution is 7.90. The van der Waals surface area contributed by atoms with Crippen molar-refractivity contribution in [3.05, 3.63) is 65.9 Å². The summed E-state index contributed by atoms with van der Waals surface area (Å²) in [4.78, 5) is 13.6. The lowest BCUT2D eigenvalue weighted by molar-refractivity contribution is 0.0332. The summed E-state index contributed by atoms with van der Waals surface area (Å²) in [6.07, 6.45) is 2.70. The molecular formula is C23H26N2O5S. The van der Waals surface area contributed by atoms with Crippen LogP contribution in [-0.2, 0) is 27.7 Å². The Morgan fingerprint density at radius 3 is 2.52 bits per heavy atom. The number of benzene rings is 2. The predicted octanol–water partition coefficient (Wildman–Crippen LogP) is 4.10. The number of aryl methyl sites for hydroxylation is 1. The number of fused-ring (bicyclic) bond motifs is 1. The van der Waals surface area contributed by atoms with Gasteiger partial charge in [0.1, 0.15) is 0 Å². The lowest BCUT2D eigenvalue weighted by Crippen LogP contribution is -2.42. The van der Waals surface area contributed by atoms with E-state index in [1.165, 1.54) is 8.87 Å². The molecule has 0 unspecified atom stereocenters. The van der Waals surface area contributed by atoms with E-state index in [2.05, 4.69) is 0 Å². The van der Waals surface area contributed by atoms with E-state index < -0.39 is 16.1 Å². The first kappa shape index (κ1) is 21.4. The van der Waals surface area contributed by atoms with Gasteiger partial charge in [0.2, 0.25) is 0 Å². The topological polar surface area (TPSA) is 88.8 Å². The van der Waals surface area contributed by atoms with Crippen molar-refractivity contribution in [3.63, 3.8) is 0 Å². The maximum atomic E-state index is 13.3. The minimum Gasteiger partial charge on any atom is -0.465 e. The molecule has 1 N–H and O–H groups in total. The lowest BCUT2D eigenvalue weighted by atomic mass is 10.0. The van der Waals surface area contributed by atoms with Crippen LogP contribution >= 0.6 is 0 Å². The van der Waals surface area contributed by atoms with Crippen LogP contribution in [0.1, 0.15) is 30.9 Å². The molecule has 164 valence electrons. The van der Waals surface area contributed by atoms with E-state index in [-0.39, 0.29) is 17.5 Å². The Bertz CT molecular complexity index is 1180. The molecule has 0 aliphatic carbocycles. The Balaban J connectivity index is 1.76. The largest absolute Gasteiger partial charge is 0.465 e. The molecule has 1 aliphatic rings. The van der Waals surface area contributed by atoms with Gasteiger partial charge in [0, 0.05) is 37.4 Å². The molecule has 0 bridgehead atoms. The van der Waals surface area contributed by atoms with Crippen molar-refractivity contribution in [2.75, 3.05) is 13.2 Å². The molecule has 0 atom stereocenters. The minimum absolute atomic E-state index is 0.104. The van der Waals surface area contributed by atoms with Gasteiger partial charge >= 0.3 is 6.09 Å². The van der Waals surface area contributed by atoms with Crippen LogP contribution in [0.25, 0.3) is 10.9 Å². The van der Waals surface area contributed by atoms with Gasteiger partial charge in [-0.05, 0) is 48.6 Å². The number of hydrogen-bond acceptors (Lipinski definition) is 4. The molecule has 8 heteroatoms. The third kappa shape index (κ3) is 4.18. The van der Waals surface area contributed by atoms with Crippen molar-refractivity contribution in [1.82, 2.24) is 8.87 Å². The Hall–Kier alpha value is -2.84. The van der Waals surface area contributed by atoms with Crippen LogP contribution in [0.4, 0.5) is 4.79 Å². The molecule has 31 heavy (non-hydrogen) atoms. The number of hydrogen-bond donors (Lipinski definition) is 1. The molecule has 2 heterocycles. The number of aromatic nitrogens is 1. The number of carbonyl (C=O) groups is 1. The van der Waals surface area contributed by atoms with Crippen LogP contribution in [0.3, 0.4) is 0 Å². The zero-order chi connectivity index (χ0) is 22.0. The van der Waals surface area contributed by atoms with Gasteiger partial charge in [-0.2, -0.15) is 0 Å². The smallest absolute Gasteiger partial charge is 0.407 e. The second-order valence-corrected chi connectivity index (χ2v) is 9.54. The van der Waals surface area contributed by atoms with Crippen molar-refractivity contribution in [2.24, 2.45) is 0 Å². The summed E-state index contributed by atoms with van der Waals surface area (Å²) >= 11 is 0. The molecule has 1 saturated heterocycles. The Kier molecular flexibility index (Phi) is 6.02. The Morgan fingerprint density at radius 2 is 1.87 bits per heavy atom. The molecule has 1 aliphatic heterocycles. The molecule has 1 aromatic heterocycles. The van der Waals surface area contributed by atoms with E-state index in [1.807, 2.05) is 19.1 Å². The van der Waals surface area contributed by atoms with Crippen LogP contribution in [0, 0.1) is 0 Å². The van der Waals surface area contributed by atoms with Crippen LogP contribution < -0.4 is 0 Å². The van der Waals surface area contributed by atoms with E-state index in [0.29, 0.717) is 38.0 Å². The molecule has 0 spiro atoms. The summed E-state index contributed by atoms with van der Waals surface area (Å²) in [5.41, 5.74) is 2.25. The molecule has 1 fully saturated rings. The second kappa shape index (κ2) is 8.72. The zero-order valence-electron chi connectivity index (χ0n) is 17.4. The number of nitrogens with zero attached hydrogens (tertiary/aromatic N) is 2. The Labute approximate surface area is 181 Å². The highest BCUT2D eigenvalue weighted by atomic mass is 32.2. The van der Waals surface area contributed by atoms with Gasteiger partial charge in [-0.3, -0.25) is 0 Å². The monoisotopic (exact) mass is 442 g/mol. The number of carboxylic acid groups (broad SMARTS) is 1. The van der Waals surface area contributed by atoms with Gasteiger partial charge in [0.05, 0.1) is 10.4 Å². The van der Waals surface area contributed by atoms with Crippen LogP contribution in [-0.4, -0.2) is 47.7 Å². The molecule has 0 radical (unpaired) electrons. The predicted molar refractivity (Wildman–Crippen MR) is 118 cm³/mol. The SMILES string of the molecule is CCc1cn(S(=O)(=O)c2ccccc2)c2cc(CN(C(=O)O)C3CCOCC3)ccc12. The van der Waals surface area contributed by atoms with Gasteiger partial charge in [-0.25, -0.2) is 17.2 Å². The van der Waals surface area contributed by atoms with Crippen LogP contribution in [0.2, 0.25) is 0 Å². The van der Waals surface area contributed by atoms with Gasteiger partial charge in [-0.15, -0.1) is 0 Å². The van der Waals surface area contributed by atoms with Gasteiger partial charge in [0.15, 0.2) is 0 Å². The van der Waals surface area contributed by atoms with Crippen LogP contribution in [0.15, 0.2) is 59.6 Å². The number of ether oxygens (including phenoxy) is 1. The van der Waals surface area contributed by atoms with E-state index in [4.69, 9.17) is 4.74 Å². The van der Waals surface area contributed by atoms with E-state index >= 15 is 0 Å². The molecule has 1 amide bonds. The highest BCUT2D eigenvalue weighted by Crippen LogP contribution is 2.28. The fourth-order valence-electron chi connectivity index (χ4n) is 4.14. The Morgan fingerprint density at radius 1 is 1.16 bits per heavy atom. The van der Waals surface area contributed by atoms with Gasteiger partial charge in [0.25, 0.3) is 10.0 Å². The minimum atomic E-state index is -3.77. The lowest BCUT2D eigenvalue weighted by Gasteiger charge is -2.32. The molecule has 0 saturated carbocycles. The third-order valence-electron chi connectivity index (χ3n) is 5.83. The van der Waals surface area contributed by atoms with Gasteiger partial charge < -0.3 is 14.7 Å². The molecule has 3 aromatic rings. The first-order valence-corrected chi connectivity index (χ1v) is 11.9. The summed E-state index contributed by atoms with van der Waals surface area (Å²) in [5, 5.41) is 10.6. The van der Waals surface area contributed by atoms with Gasteiger partial charge in [-0.1, -0.05) is 37.3 Å². The molecule has 4 rings (SSSR count). The summed E-state index contributed by atoms with van der Waals surface area (Å²) in [5.74, 6) is 0. The fraction of sp³-hybridized carbons (Fsp3) is 0.348. The standard InChI is InChI=1S/C23H26N2O5S/c1-2-18-16-25(31(28,29)20-6-4-3-5-7-20)22-14-17(8-9-21(18)22)15-24(23(26)27)19-10-12-30-13-11-19/h3-9,14,16,19H,2,10-13,15H2,1H3,(H,26,27). The summed E-state index contributed by atoms with van der Waals surface area (Å²) in [7, 11) is -3.77. The summed E-state index contributed by atoms with van der Waals surface area (Å²) in [6, 6.07) is 13.8. The molecule has 2 aromatic carbocycles. The number of amides is 1. The van der Waals surface area contributed by atoms with Crippen molar-refractivity contribution in [3.8, 4) is 0 Å². The maximum Gasteiger partial charge on any atom is 0.407 e. The van der Waals surface area contributed by atoms with Crippen molar-refractivity contribution >= 4 is 27.0 Å². The van der Waals surface area contributed by atoms with E-state index in [9.17, 15) is 18.3 Å². The molecule has 7 nitrogen and oxygen atoms in total. The molecular weight excluding hydrogens is 416 g/mol. The van der Waals surface area contributed by atoms with Crippen molar-refractivity contribution < 1.29 is 23.1 Å². The zero-order valence-corrected chi connectivity index (χ0v) is 18.2. The van der Waals surface area contributed by atoms with Crippen LogP contribution in [0.5, 0.6) is 0 Å². The fourth-order valence-corrected chi connectivity index (χ4v) is 5.55.